The number of hydrogen-bond donors (Lipinski definition) is 0. The molecule has 3 heteroatoms. The van der Waals surface area contributed by atoms with Crippen molar-refractivity contribution in [2.75, 3.05) is 32.8 Å². The zero-order valence-electron chi connectivity index (χ0n) is 14.0. The van der Waals surface area contributed by atoms with Crippen LogP contribution in [-0.4, -0.2) is 50.0 Å². The van der Waals surface area contributed by atoms with Gasteiger partial charge in [0.25, 0.3) is 0 Å². The van der Waals surface area contributed by atoms with Crippen LogP contribution < -0.4 is 0 Å². The Hall–Kier alpha value is -0.120. The van der Waals surface area contributed by atoms with Crippen LogP contribution in [0.25, 0.3) is 0 Å². The molecule has 0 aromatic carbocycles. The molecule has 3 nitrogen and oxygen atoms in total. The topological polar surface area (TPSA) is 21.7 Å². The maximum atomic E-state index is 6.03. The maximum Gasteiger partial charge on any atom is 0.0597 e. The van der Waals surface area contributed by atoms with Gasteiger partial charge in [-0.2, -0.15) is 0 Å². The molecule has 21 heavy (non-hydrogen) atoms. The molecule has 0 aromatic rings. The number of ether oxygens (including phenoxy) is 2. The second-order valence-corrected chi connectivity index (χ2v) is 6.70. The number of rotatable bonds is 9. The van der Waals surface area contributed by atoms with E-state index in [1.807, 2.05) is 0 Å². The third-order valence-corrected chi connectivity index (χ3v) is 5.07. The van der Waals surface area contributed by atoms with Crippen LogP contribution in [0.1, 0.15) is 71.1 Å². The molecule has 0 atom stereocenters. The molecule has 2 rings (SSSR count). The fourth-order valence-corrected chi connectivity index (χ4v) is 3.59. The zero-order valence-corrected chi connectivity index (χ0v) is 14.0. The zero-order chi connectivity index (χ0) is 14.8. The summed E-state index contributed by atoms with van der Waals surface area (Å²) in [5.41, 5.74) is 0. The first-order valence-electron chi connectivity index (χ1n) is 9.34. The fraction of sp³-hybridized carbons (Fsp3) is 1.00. The molecule has 124 valence electrons. The van der Waals surface area contributed by atoms with Gasteiger partial charge in [0.05, 0.1) is 25.4 Å². The lowest BCUT2D eigenvalue weighted by molar-refractivity contribution is -0.00173. The van der Waals surface area contributed by atoms with Gasteiger partial charge in [-0.1, -0.05) is 45.4 Å². The Morgan fingerprint density at radius 3 is 1.52 bits per heavy atom. The molecule has 0 saturated heterocycles. The van der Waals surface area contributed by atoms with Crippen molar-refractivity contribution in [3.63, 3.8) is 0 Å². The van der Waals surface area contributed by atoms with Gasteiger partial charge in [0, 0.05) is 13.1 Å². The van der Waals surface area contributed by atoms with Gasteiger partial charge in [-0.05, 0) is 32.2 Å². The molecule has 2 saturated carbocycles. The Bertz CT molecular complexity index is 224. The van der Waals surface area contributed by atoms with E-state index in [-0.39, 0.29) is 0 Å². The van der Waals surface area contributed by atoms with E-state index in [2.05, 4.69) is 11.8 Å². The average molecular weight is 297 g/mol. The number of nitrogens with zero attached hydrogens (tertiary/aromatic N) is 1. The third-order valence-electron chi connectivity index (χ3n) is 5.07. The van der Waals surface area contributed by atoms with Crippen molar-refractivity contribution < 1.29 is 9.47 Å². The van der Waals surface area contributed by atoms with Crippen molar-refractivity contribution in [1.29, 1.82) is 0 Å². The van der Waals surface area contributed by atoms with E-state index in [1.54, 1.807) is 0 Å². The SMILES string of the molecule is CCN(CCOC1CCCCC1)CCOC1CCCCC1. The van der Waals surface area contributed by atoms with Crippen molar-refractivity contribution in [2.45, 2.75) is 83.3 Å². The summed E-state index contributed by atoms with van der Waals surface area (Å²) in [6, 6.07) is 0. The Morgan fingerprint density at radius 2 is 1.14 bits per heavy atom. The molecule has 0 aliphatic heterocycles. The highest BCUT2D eigenvalue weighted by atomic mass is 16.5. The van der Waals surface area contributed by atoms with Gasteiger partial charge in [-0.15, -0.1) is 0 Å². The van der Waals surface area contributed by atoms with Crippen LogP contribution in [0, 0.1) is 0 Å². The van der Waals surface area contributed by atoms with Gasteiger partial charge in [-0.3, -0.25) is 4.90 Å². The summed E-state index contributed by atoms with van der Waals surface area (Å²) < 4.78 is 12.1. The van der Waals surface area contributed by atoms with Crippen LogP contribution in [-0.2, 0) is 9.47 Å². The highest BCUT2D eigenvalue weighted by Crippen LogP contribution is 2.21. The number of likely N-dealkylation sites (N-methyl/N-ethyl adjacent to an activating group) is 1. The minimum atomic E-state index is 0.538. The van der Waals surface area contributed by atoms with Crippen LogP contribution in [0.15, 0.2) is 0 Å². The Morgan fingerprint density at radius 1 is 0.714 bits per heavy atom. The molecule has 2 aliphatic carbocycles. The molecule has 2 aliphatic rings. The molecule has 0 spiro atoms. The standard InChI is InChI=1S/C18H35NO2/c1-2-19(13-15-20-17-9-5-3-6-10-17)14-16-21-18-11-7-4-8-12-18/h17-18H,2-16H2,1H3. The maximum absolute atomic E-state index is 6.03. The highest BCUT2D eigenvalue weighted by Gasteiger charge is 2.15. The monoisotopic (exact) mass is 297 g/mol. The smallest absolute Gasteiger partial charge is 0.0597 e. The molecule has 0 unspecified atom stereocenters. The van der Waals surface area contributed by atoms with E-state index in [0.29, 0.717) is 12.2 Å². The summed E-state index contributed by atoms with van der Waals surface area (Å²) in [6.45, 7) is 7.23. The molecule has 0 aromatic heterocycles. The lowest BCUT2D eigenvalue weighted by Crippen LogP contribution is -2.33. The summed E-state index contributed by atoms with van der Waals surface area (Å²) in [4.78, 5) is 2.46. The summed E-state index contributed by atoms with van der Waals surface area (Å²) in [6.07, 6.45) is 14.4. The summed E-state index contributed by atoms with van der Waals surface area (Å²) in [7, 11) is 0. The normalized spacial score (nSPS) is 22.0. The predicted molar refractivity (Wildman–Crippen MR) is 87.8 cm³/mol. The summed E-state index contributed by atoms with van der Waals surface area (Å²) in [5, 5.41) is 0. The van der Waals surface area contributed by atoms with Gasteiger partial charge in [0.2, 0.25) is 0 Å². The van der Waals surface area contributed by atoms with Crippen LogP contribution in [0.4, 0.5) is 0 Å². The first-order valence-corrected chi connectivity index (χ1v) is 9.34. The van der Waals surface area contributed by atoms with Crippen molar-refractivity contribution in [3.8, 4) is 0 Å². The Kier molecular flexibility index (Phi) is 8.68. The first-order chi connectivity index (χ1) is 10.4. The van der Waals surface area contributed by atoms with E-state index < -0.39 is 0 Å². The molecular formula is C18H35NO2. The minimum Gasteiger partial charge on any atom is -0.377 e. The Balaban J connectivity index is 1.50. The molecule has 0 bridgehead atoms. The molecular weight excluding hydrogens is 262 g/mol. The van der Waals surface area contributed by atoms with Gasteiger partial charge < -0.3 is 9.47 Å². The van der Waals surface area contributed by atoms with Crippen molar-refractivity contribution in [2.24, 2.45) is 0 Å². The van der Waals surface area contributed by atoms with E-state index in [4.69, 9.17) is 9.47 Å². The highest BCUT2D eigenvalue weighted by molar-refractivity contribution is 4.67. The van der Waals surface area contributed by atoms with E-state index in [1.165, 1.54) is 64.2 Å². The quantitative estimate of drug-likeness (QED) is 0.642. The second kappa shape index (κ2) is 10.6. The van der Waals surface area contributed by atoms with Gasteiger partial charge >= 0.3 is 0 Å². The Labute approximate surface area is 131 Å². The molecule has 0 heterocycles. The fourth-order valence-electron chi connectivity index (χ4n) is 3.59. The van der Waals surface area contributed by atoms with E-state index in [9.17, 15) is 0 Å². The van der Waals surface area contributed by atoms with Gasteiger partial charge in [0.1, 0.15) is 0 Å². The largest absolute Gasteiger partial charge is 0.377 e. The first kappa shape index (κ1) is 17.2. The van der Waals surface area contributed by atoms with Crippen molar-refractivity contribution in [3.05, 3.63) is 0 Å². The predicted octanol–water partition coefficient (Wildman–Crippen LogP) is 4.01. The van der Waals surface area contributed by atoms with Crippen molar-refractivity contribution >= 4 is 0 Å². The van der Waals surface area contributed by atoms with Crippen LogP contribution >= 0.6 is 0 Å². The lowest BCUT2D eigenvalue weighted by atomic mass is 9.98. The molecule has 0 radical (unpaired) electrons. The summed E-state index contributed by atoms with van der Waals surface area (Å²) >= 11 is 0. The number of hydrogen-bond acceptors (Lipinski definition) is 3. The summed E-state index contributed by atoms with van der Waals surface area (Å²) in [5.74, 6) is 0. The molecule has 0 amide bonds. The van der Waals surface area contributed by atoms with E-state index in [0.717, 1.165) is 32.8 Å². The van der Waals surface area contributed by atoms with Gasteiger partial charge in [-0.25, -0.2) is 0 Å². The molecule has 2 fully saturated rings. The van der Waals surface area contributed by atoms with Crippen LogP contribution in [0.5, 0.6) is 0 Å². The lowest BCUT2D eigenvalue weighted by Gasteiger charge is -2.26. The average Bonchev–Trinajstić information content (AvgIpc) is 2.55. The minimum absolute atomic E-state index is 0.538. The van der Waals surface area contributed by atoms with E-state index >= 15 is 0 Å². The van der Waals surface area contributed by atoms with Crippen LogP contribution in [0.2, 0.25) is 0 Å². The molecule has 0 N–H and O–H groups in total. The third kappa shape index (κ3) is 7.12. The van der Waals surface area contributed by atoms with Crippen LogP contribution in [0.3, 0.4) is 0 Å². The second-order valence-electron chi connectivity index (χ2n) is 6.70. The van der Waals surface area contributed by atoms with Gasteiger partial charge in [0.15, 0.2) is 0 Å². The van der Waals surface area contributed by atoms with Crippen molar-refractivity contribution in [1.82, 2.24) is 4.90 Å².